The quantitative estimate of drug-likeness (QED) is 0.377. The van der Waals surface area contributed by atoms with Crippen LogP contribution >= 0.6 is 0 Å². The molecule has 0 aliphatic heterocycles. The van der Waals surface area contributed by atoms with Gasteiger partial charge >= 0.3 is 0 Å². The molecule has 146 valence electrons. The van der Waals surface area contributed by atoms with Crippen molar-refractivity contribution in [1.82, 2.24) is 25.4 Å². The Labute approximate surface area is 166 Å². The zero-order valence-electron chi connectivity index (χ0n) is 16.8. The minimum Gasteiger partial charge on any atom is -0.356 e. The van der Waals surface area contributed by atoms with Gasteiger partial charge in [-0.3, -0.25) is 14.7 Å². The lowest BCUT2D eigenvalue weighted by molar-refractivity contribution is 0.555. The molecule has 2 N–H and O–H groups in total. The Hall–Kier alpha value is -3.15. The number of hydrogen-bond donors (Lipinski definition) is 2. The highest BCUT2D eigenvalue weighted by Gasteiger charge is 2.03. The average Bonchev–Trinajstić information content (AvgIpc) is 3.05. The first kappa shape index (κ1) is 19.6. The van der Waals surface area contributed by atoms with Gasteiger partial charge in [-0.25, -0.2) is 0 Å². The van der Waals surface area contributed by atoms with Crippen LogP contribution in [0.5, 0.6) is 0 Å². The summed E-state index contributed by atoms with van der Waals surface area (Å²) in [5.41, 5.74) is 5.56. The second-order valence-corrected chi connectivity index (χ2v) is 6.77. The molecular formula is C22H28N6. The second-order valence-electron chi connectivity index (χ2n) is 6.77. The van der Waals surface area contributed by atoms with Gasteiger partial charge in [0.1, 0.15) is 0 Å². The fraction of sp³-hybridized carbons (Fsp3) is 0.318. The molecule has 0 bridgehead atoms. The minimum atomic E-state index is 0.706. The van der Waals surface area contributed by atoms with E-state index in [1.807, 2.05) is 31.3 Å². The summed E-state index contributed by atoms with van der Waals surface area (Å²) in [6.07, 6.45) is 2.80. The van der Waals surface area contributed by atoms with Crippen LogP contribution in [0.1, 0.15) is 23.4 Å². The maximum Gasteiger partial charge on any atom is 0.191 e. The van der Waals surface area contributed by atoms with E-state index in [9.17, 15) is 0 Å². The number of nitrogens with one attached hydrogen (secondary N) is 2. The number of hydrogen-bond acceptors (Lipinski definition) is 3. The van der Waals surface area contributed by atoms with Crippen LogP contribution in [0, 0.1) is 13.8 Å². The third-order valence-corrected chi connectivity index (χ3v) is 4.51. The Bertz CT molecular complexity index is 914. The zero-order chi connectivity index (χ0) is 19.8. The topological polar surface area (TPSA) is 67.1 Å². The van der Waals surface area contributed by atoms with E-state index in [0.29, 0.717) is 6.54 Å². The van der Waals surface area contributed by atoms with Crippen molar-refractivity contribution in [2.45, 2.75) is 33.4 Å². The van der Waals surface area contributed by atoms with Crippen molar-refractivity contribution in [1.29, 1.82) is 0 Å². The largest absolute Gasteiger partial charge is 0.356 e. The maximum atomic E-state index is 4.49. The van der Waals surface area contributed by atoms with Crippen LogP contribution in [0.4, 0.5) is 0 Å². The summed E-state index contributed by atoms with van der Waals surface area (Å²) >= 11 is 0. The third-order valence-electron chi connectivity index (χ3n) is 4.51. The Morgan fingerprint density at radius 3 is 2.68 bits per heavy atom. The molecule has 0 saturated carbocycles. The number of benzene rings is 1. The highest BCUT2D eigenvalue weighted by molar-refractivity contribution is 5.79. The molecule has 3 rings (SSSR count). The van der Waals surface area contributed by atoms with Crippen molar-refractivity contribution in [3.8, 4) is 11.3 Å². The number of aryl methyl sites for hydroxylation is 3. The van der Waals surface area contributed by atoms with Crippen molar-refractivity contribution < 1.29 is 0 Å². The molecule has 0 radical (unpaired) electrons. The molecule has 0 fully saturated rings. The number of aliphatic imine (C=N–C) groups is 1. The molecule has 0 aliphatic rings. The van der Waals surface area contributed by atoms with Gasteiger partial charge in [0, 0.05) is 44.1 Å². The molecule has 0 atom stereocenters. The second kappa shape index (κ2) is 9.69. The molecule has 1 aromatic carbocycles. The van der Waals surface area contributed by atoms with Crippen molar-refractivity contribution >= 4 is 5.96 Å². The van der Waals surface area contributed by atoms with E-state index in [1.165, 1.54) is 11.3 Å². The number of pyridine rings is 1. The first-order valence-corrected chi connectivity index (χ1v) is 9.61. The van der Waals surface area contributed by atoms with Gasteiger partial charge < -0.3 is 10.6 Å². The summed E-state index contributed by atoms with van der Waals surface area (Å²) in [5.74, 6) is 0.802. The molecular weight excluding hydrogens is 348 g/mol. The number of rotatable bonds is 7. The molecule has 2 aromatic heterocycles. The number of aromatic nitrogens is 3. The van der Waals surface area contributed by atoms with Crippen LogP contribution in [0.25, 0.3) is 11.3 Å². The highest BCUT2D eigenvalue weighted by atomic mass is 15.3. The van der Waals surface area contributed by atoms with E-state index in [0.717, 1.165) is 42.4 Å². The van der Waals surface area contributed by atoms with E-state index in [2.05, 4.69) is 67.6 Å². The summed E-state index contributed by atoms with van der Waals surface area (Å²) in [6, 6.07) is 16.5. The van der Waals surface area contributed by atoms with Crippen molar-refractivity contribution in [2.24, 2.45) is 4.99 Å². The van der Waals surface area contributed by atoms with Gasteiger partial charge in [0.05, 0.1) is 11.4 Å². The van der Waals surface area contributed by atoms with Crippen LogP contribution in [0.15, 0.2) is 59.7 Å². The lowest BCUT2D eigenvalue weighted by Crippen LogP contribution is -2.37. The van der Waals surface area contributed by atoms with E-state index in [4.69, 9.17) is 0 Å². The first-order chi connectivity index (χ1) is 13.7. The van der Waals surface area contributed by atoms with Gasteiger partial charge in [-0.15, -0.1) is 0 Å². The van der Waals surface area contributed by atoms with Crippen molar-refractivity contribution in [2.75, 3.05) is 13.6 Å². The molecule has 6 nitrogen and oxygen atoms in total. The van der Waals surface area contributed by atoms with Crippen molar-refractivity contribution in [3.63, 3.8) is 0 Å². The van der Waals surface area contributed by atoms with E-state index in [1.54, 1.807) is 7.05 Å². The average molecular weight is 377 g/mol. The summed E-state index contributed by atoms with van der Waals surface area (Å²) < 4.78 is 2.05. The highest BCUT2D eigenvalue weighted by Crippen LogP contribution is 2.17. The van der Waals surface area contributed by atoms with Gasteiger partial charge in [0.25, 0.3) is 0 Å². The zero-order valence-corrected chi connectivity index (χ0v) is 16.8. The monoisotopic (exact) mass is 376 g/mol. The third kappa shape index (κ3) is 5.42. The fourth-order valence-electron chi connectivity index (χ4n) is 3.12. The summed E-state index contributed by atoms with van der Waals surface area (Å²) in [7, 11) is 1.79. The normalized spacial score (nSPS) is 11.5. The minimum absolute atomic E-state index is 0.706. The molecule has 3 aromatic rings. The van der Waals surface area contributed by atoms with Gasteiger partial charge in [-0.2, -0.15) is 5.10 Å². The van der Waals surface area contributed by atoms with Crippen LogP contribution in [-0.2, 0) is 13.1 Å². The van der Waals surface area contributed by atoms with E-state index in [-0.39, 0.29) is 0 Å². The summed E-state index contributed by atoms with van der Waals surface area (Å²) in [6.45, 7) is 6.56. The Morgan fingerprint density at radius 1 is 1.07 bits per heavy atom. The maximum absolute atomic E-state index is 4.49. The molecule has 0 saturated heterocycles. The van der Waals surface area contributed by atoms with Crippen LogP contribution in [-0.4, -0.2) is 34.3 Å². The smallest absolute Gasteiger partial charge is 0.191 e. The van der Waals surface area contributed by atoms with Gasteiger partial charge in [0.2, 0.25) is 0 Å². The van der Waals surface area contributed by atoms with E-state index >= 15 is 0 Å². The summed E-state index contributed by atoms with van der Waals surface area (Å²) in [5, 5.41) is 11.2. The lowest BCUT2D eigenvalue weighted by Gasteiger charge is -2.13. The van der Waals surface area contributed by atoms with Gasteiger partial charge in [0.15, 0.2) is 5.96 Å². The first-order valence-electron chi connectivity index (χ1n) is 9.61. The van der Waals surface area contributed by atoms with E-state index < -0.39 is 0 Å². The summed E-state index contributed by atoms with van der Waals surface area (Å²) in [4.78, 5) is 8.73. The fourth-order valence-corrected chi connectivity index (χ4v) is 3.12. The molecule has 2 heterocycles. The Morgan fingerprint density at radius 2 is 1.96 bits per heavy atom. The molecule has 0 amide bonds. The molecule has 0 spiro atoms. The molecule has 6 heteroatoms. The van der Waals surface area contributed by atoms with Gasteiger partial charge in [-0.05, 0) is 50.1 Å². The molecule has 0 unspecified atom stereocenters. The van der Waals surface area contributed by atoms with Crippen LogP contribution in [0.3, 0.4) is 0 Å². The number of nitrogens with zero attached hydrogens (tertiary/aromatic N) is 4. The number of guanidine groups is 1. The SMILES string of the molecule is CN=C(NCCCn1nc(C)cc1C)NCc1cccc(-c2ccccn2)c1. The Balaban J connectivity index is 1.47. The molecule has 28 heavy (non-hydrogen) atoms. The standard InChI is InChI=1S/C22H28N6/c1-17-14-18(2)28(27-17)13-7-12-25-22(23-3)26-16-19-8-6-9-20(15-19)21-10-4-5-11-24-21/h4-6,8-11,14-15H,7,12-13,16H2,1-3H3,(H2,23,25,26). The van der Waals surface area contributed by atoms with Crippen LogP contribution in [0.2, 0.25) is 0 Å². The lowest BCUT2D eigenvalue weighted by atomic mass is 10.1. The van der Waals surface area contributed by atoms with Crippen molar-refractivity contribution in [3.05, 3.63) is 71.7 Å². The predicted octanol–water partition coefficient (Wildman–Crippen LogP) is 3.32. The Kier molecular flexibility index (Phi) is 6.78. The predicted molar refractivity (Wildman–Crippen MR) is 114 cm³/mol. The molecule has 0 aliphatic carbocycles. The van der Waals surface area contributed by atoms with Gasteiger partial charge in [-0.1, -0.05) is 24.3 Å². The van der Waals surface area contributed by atoms with Crippen LogP contribution < -0.4 is 10.6 Å².